The number of para-hydroxylation sites is 2. The molecule has 3 aromatic rings. The second kappa shape index (κ2) is 11.5. The van der Waals surface area contributed by atoms with Crippen molar-refractivity contribution in [2.24, 2.45) is 0 Å². The zero-order chi connectivity index (χ0) is 25.7. The topological polar surface area (TPSA) is 99.0 Å². The largest absolute Gasteiger partial charge is 0.493 e. The number of hydrogen-bond donors (Lipinski definition) is 0. The van der Waals surface area contributed by atoms with Gasteiger partial charge in [-0.05, 0) is 65.9 Å². The molecule has 11 heteroatoms. The molecule has 0 atom stereocenters. The van der Waals surface area contributed by atoms with Gasteiger partial charge < -0.3 is 9.47 Å². The summed E-state index contributed by atoms with van der Waals surface area (Å²) in [5.41, 5.74) is 0.339. The number of amides is 2. The van der Waals surface area contributed by atoms with E-state index in [9.17, 15) is 19.7 Å². The average molecular weight is 543 g/mol. The van der Waals surface area contributed by atoms with E-state index < -0.39 is 16.1 Å². The van der Waals surface area contributed by atoms with E-state index >= 15 is 0 Å². The van der Waals surface area contributed by atoms with E-state index in [-0.39, 0.29) is 23.7 Å². The minimum atomic E-state index is -0.476. The predicted octanol–water partition coefficient (Wildman–Crippen LogP) is 6.52. The first kappa shape index (κ1) is 25.6. The highest BCUT2D eigenvalue weighted by atomic mass is 35.5. The molecule has 0 bridgehead atoms. The van der Waals surface area contributed by atoms with E-state index in [4.69, 9.17) is 21.1 Å². The molecule has 0 saturated carbocycles. The maximum Gasteiger partial charge on any atom is 0.293 e. The van der Waals surface area contributed by atoms with E-state index in [1.807, 2.05) is 0 Å². The number of nitro benzene ring substituents is 1. The zero-order valence-electron chi connectivity index (χ0n) is 18.9. The quantitative estimate of drug-likeness (QED) is 0.171. The molecule has 1 aliphatic rings. The molecule has 3 aromatic carbocycles. The number of halogens is 1. The number of imide groups is 1. The molecule has 0 spiro atoms. The zero-order valence-corrected chi connectivity index (χ0v) is 21.3. The van der Waals surface area contributed by atoms with Crippen molar-refractivity contribution in [2.45, 2.75) is 9.79 Å². The van der Waals surface area contributed by atoms with Gasteiger partial charge in [-0.2, -0.15) is 0 Å². The summed E-state index contributed by atoms with van der Waals surface area (Å²) in [6.45, 7) is 0.144. The van der Waals surface area contributed by atoms with Gasteiger partial charge in [0.25, 0.3) is 16.8 Å². The first-order valence-corrected chi connectivity index (χ1v) is 12.6. The van der Waals surface area contributed by atoms with Crippen molar-refractivity contribution in [1.82, 2.24) is 4.90 Å². The summed E-state index contributed by atoms with van der Waals surface area (Å²) >= 11 is 7.93. The highest BCUT2D eigenvalue weighted by Gasteiger charge is 2.35. The molecule has 184 valence electrons. The lowest BCUT2D eigenvalue weighted by molar-refractivity contribution is -0.387. The van der Waals surface area contributed by atoms with Crippen molar-refractivity contribution < 1.29 is 24.0 Å². The summed E-state index contributed by atoms with van der Waals surface area (Å²) in [5.74, 6) is 0.577. The Bertz CT molecular complexity index is 1350. The fourth-order valence-electron chi connectivity index (χ4n) is 3.31. The SMILES string of the molecule is COc1ccccc1OCCN1C(=O)S/C(=C\c2ccc(Sc3ccc(Cl)cc3)c([N+](=O)[O-])c2)C1=O. The Labute approximate surface area is 220 Å². The third kappa shape index (κ3) is 6.01. The number of carbonyl (C=O) groups excluding carboxylic acids is 2. The van der Waals surface area contributed by atoms with Crippen LogP contribution in [0.3, 0.4) is 0 Å². The summed E-state index contributed by atoms with van der Waals surface area (Å²) in [6.07, 6.45) is 1.48. The number of benzene rings is 3. The molecule has 2 amide bonds. The number of ether oxygens (including phenoxy) is 2. The van der Waals surface area contributed by atoms with Gasteiger partial charge in [0, 0.05) is 16.0 Å². The van der Waals surface area contributed by atoms with Crippen LogP contribution in [0.5, 0.6) is 11.5 Å². The van der Waals surface area contributed by atoms with Crippen LogP contribution in [0.1, 0.15) is 5.56 Å². The molecule has 0 aromatic heterocycles. The van der Waals surface area contributed by atoms with Crippen molar-refractivity contribution in [3.05, 3.63) is 92.3 Å². The Hall–Kier alpha value is -3.47. The normalized spacial score (nSPS) is 14.4. The average Bonchev–Trinajstić information content (AvgIpc) is 3.13. The highest BCUT2D eigenvalue weighted by Crippen LogP contribution is 2.38. The second-order valence-corrected chi connectivity index (χ2v) is 9.92. The number of rotatable bonds is 9. The first-order valence-electron chi connectivity index (χ1n) is 10.6. The third-order valence-electron chi connectivity index (χ3n) is 5.03. The maximum atomic E-state index is 12.8. The van der Waals surface area contributed by atoms with E-state index in [1.54, 1.807) is 60.7 Å². The lowest BCUT2D eigenvalue weighted by atomic mass is 10.2. The summed E-state index contributed by atoms with van der Waals surface area (Å²) in [5, 5.41) is 11.8. The van der Waals surface area contributed by atoms with Crippen molar-refractivity contribution in [3.63, 3.8) is 0 Å². The Balaban J connectivity index is 1.46. The number of carbonyl (C=O) groups is 2. The molecular formula is C25H19ClN2O6S2. The van der Waals surface area contributed by atoms with Crippen LogP contribution in [0.15, 0.2) is 81.4 Å². The molecule has 0 radical (unpaired) electrons. The minimum Gasteiger partial charge on any atom is -0.493 e. The summed E-state index contributed by atoms with van der Waals surface area (Å²) < 4.78 is 10.9. The van der Waals surface area contributed by atoms with Gasteiger partial charge >= 0.3 is 0 Å². The number of hydrogen-bond acceptors (Lipinski definition) is 8. The van der Waals surface area contributed by atoms with Gasteiger partial charge in [-0.15, -0.1) is 0 Å². The van der Waals surface area contributed by atoms with Crippen LogP contribution in [0.4, 0.5) is 10.5 Å². The number of nitro groups is 1. The van der Waals surface area contributed by atoms with Crippen LogP contribution in [0.2, 0.25) is 5.02 Å². The summed E-state index contributed by atoms with van der Waals surface area (Å²) in [7, 11) is 1.52. The predicted molar refractivity (Wildman–Crippen MR) is 140 cm³/mol. The van der Waals surface area contributed by atoms with Crippen LogP contribution >= 0.6 is 35.1 Å². The smallest absolute Gasteiger partial charge is 0.293 e. The maximum absolute atomic E-state index is 12.8. The van der Waals surface area contributed by atoms with Crippen molar-refractivity contribution in [2.75, 3.05) is 20.3 Å². The number of methoxy groups -OCH3 is 1. The Morgan fingerprint density at radius 2 is 1.81 bits per heavy atom. The van der Waals surface area contributed by atoms with E-state index in [2.05, 4.69) is 0 Å². The molecule has 1 saturated heterocycles. The van der Waals surface area contributed by atoms with Crippen molar-refractivity contribution in [1.29, 1.82) is 0 Å². The van der Waals surface area contributed by atoms with Crippen LogP contribution in [-0.2, 0) is 4.79 Å². The Morgan fingerprint density at radius 1 is 1.08 bits per heavy atom. The fraction of sp³-hybridized carbons (Fsp3) is 0.120. The molecule has 8 nitrogen and oxygen atoms in total. The van der Waals surface area contributed by atoms with Crippen molar-refractivity contribution >= 4 is 58.0 Å². The van der Waals surface area contributed by atoms with Gasteiger partial charge in [0.05, 0.1) is 28.4 Å². The number of thioether (sulfide) groups is 1. The van der Waals surface area contributed by atoms with Gasteiger partial charge in [0.2, 0.25) is 0 Å². The first-order chi connectivity index (χ1) is 17.4. The fourth-order valence-corrected chi connectivity index (χ4v) is 5.20. The Morgan fingerprint density at radius 3 is 2.50 bits per heavy atom. The Kier molecular flexibility index (Phi) is 8.19. The molecule has 0 N–H and O–H groups in total. The van der Waals surface area contributed by atoms with Crippen molar-refractivity contribution in [3.8, 4) is 11.5 Å². The molecular weight excluding hydrogens is 524 g/mol. The molecule has 1 aliphatic heterocycles. The molecule has 0 unspecified atom stereocenters. The summed E-state index contributed by atoms with van der Waals surface area (Å²) in [4.78, 5) is 39.0. The lowest BCUT2D eigenvalue weighted by Gasteiger charge is -2.14. The van der Waals surface area contributed by atoms with E-state index in [1.165, 1.54) is 31.0 Å². The van der Waals surface area contributed by atoms with Gasteiger partial charge in [-0.1, -0.05) is 41.6 Å². The standard InChI is InChI=1S/C25H19ClN2O6S2/c1-33-20-4-2-3-5-21(20)34-13-12-27-24(29)23(36-25(27)30)15-16-6-11-22(19(14-16)28(31)32)35-18-9-7-17(26)8-10-18/h2-11,14-15H,12-13H2,1H3/b23-15-. The van der Waals surface area contributed by atoms with E-state index in [0.29, 0.717) is 27.0 Å². The minimum absolute atomic E-state index is 0.0525. The monoisotopic (exact) mass is 542 g/mol. The lowest BCUT2D eigenvalue weighted by Crippen LogP contribution is -2.32. The van der Waals surface area contributed by atoms with E-state index in [0.717, 1.165) is 21.6 Å². The molecule has 4 rings (SSSR count). The number of nitrogens with zero attached hydrogens (tertiary/aromatic N) is 2. The van der Waals surface area contributed by atoms with Crippen LogP contribution in [0, 0.1) is 10.1 Å². The van der Waals surface area contributed by atoms with Crippen LogP contribution < -0.4 is 9.47 Å². The van der Waals surface area contributed by atoms with Gasteiger partial charge in [-0.3, -0.25) is 24.6 Å². The van der Waals surface area contributed by atoms with Crippen LogP contribution in [0.25, 0.3) is 6.08 Å². The van der Waals surface area contributed by atoms with Gasteiger partial charge in [0.15, 0.2) is 11.5 Å². The molecule has 1 heterocycles. The van der Waals surface area contributed by atoms with Crippen LogP contribution in [-0.4, -0.2) is 41.2 Å². The van der Waals surface area contributed by atoms with Gasteiger partial charge in [0.1, 0.15) is 6.61 Å². The van der Waals surface area contributed by atoms with Gasteiger partial charge in [-0.25, -0.2) is 0 Å². The molecule has 1 fully saturated rings. The third-order valence-corrected chi connectivity index (χ3v) is 7.27. The summed E-state index contributed by atoms with van der Waals surface area (Å²) in [6, 6.07) is 18.7. The highest BCUT2D eigenvalue weighted by molar-refractivity contribution is 8.18. The molecule has 0 aliphatic carbocycles. The molecule has 36 heavy (non-hydrogen) atoms. The second-order valence-electron chi connectivity index (χ2n) is 7.37.